The van der Waals surface area contributed by atoms with Gasteiger partial charge in [0.2, 0.25) is 5.91 Å². The van der Waals surface area contributed by atoms with Crippen LogP contribution in [0.1, 0.15) is 22.3 Å². The van der Waals surface area contributed by atoms with Crippen LogP contribution in [0, 0.1) is 13.8 Å². The van der Waals surface area contributed by atoms with Crippen LogP contribution in [0.2, 0.25) is 5.02 Å². The van der Waals surface area contributed by atoms with Crippen molar-refractivity contribution in [1.29, 1.82) is 0 Å². The van der Waals surface area contributed by atoms with Crippen molar-refractivity contribution >= 4 is 34.4 Å². The molecule has 0 saturated heterocycles. The monoisotopic (exact) mass is 443 g/mol. The second kappa shape index (κ2) is 9.22. The Balaban J connectivity index is 1.83. The van der Waals surface area contributed by atoms with Gasteiger partial charge in [0.15, 0.2) is 0 Å². The van der Waals surface area contributed by atoms with E-state index < -0.39 is 23.5 Å². The van der Waals surface area contributed by atoms with E-state index in [4.69, 9.17) is 20.8 Å². The number of methoxy groups -OCH3 is 1. The quantitative estimate of drug-likeness (QED) is 0.542. The van der Waals surface area contributed by atoms with E-state index in [2.05, 4.69) is 5.32 Å². The Kier molecular flexibility index (Phi) is 6.65. The van der Waals surface area contributed by atoms with Crippen LogP contribution in [0.3, 0.4) is 0 Å². The Morgan fingerprint density at radius 2 is 1.81 bits per heavy atom. The summed E-state index contributed by atoms with van der Waals surface area (Å²) in [7, 11) is 1.53. The molecule has 2 N–H and O–H groups in total. The number of nitrogens with one attached hydrogen (secondary N) is 1. The van der Waals surface area contributed by atoms with Crippen molar-refractivity contribution in [3.05, 3.63) is 74.1 Å². The lowest BCUT2D eigenvalue weighted by Gasteiger charge is -2.16. The minimum atomic E-state index is -1.17. The summed E-state index contributed by atoms with van der Waals surface area (Å²) in [5.41, 5.74) is 1.95. The second-order valence-electron chi connectivity index (χ2n) is 7.23. The van der Waals surface area contributed by atoms with Crippen LogP contribution in [0.25, 0.3) is 11.0 Å². The van der Waals surface area contributed by atoms with Gasteiger partial charge in [-0.2, -0.15) is 0 Å². The number of carbonyl (C=O) groups is 2. The highest BCUT2D eigenvalue weighted by molar-refractivity contribution is 6.30. The molecule has 0 unspecified atom stereocenters. The third-order valence-electron chi connectivity index (χ3n) is 5.20. The molecule has 0 bridgehead atoms. The molecule has 0 saturated carbocycles. The van der Waals surface area contributed by atoms with E-state index in [1.807, 2.05) is 0 Å². The van der Waals surface area contributed by atoms with Crippen molar-refractivity contribution in [3.63, 3.8) is 0 Å². The number of ether oxygens (including phenoxy) is 1. The number of hydrogen-bond acceptors (Lipinski definition) is 5. The van der Waals surface area contributed by atoms with Gasteiger partial charge in [-0.05, 0) is 49.2 Å². The van der Waals surface area contributed by atoms with Crippen LogP contribution in [-0.2, 0) is 22.4 Å². The number of aryl methyl sites for hydroxylation is 2. The summed E-state index contributed by atoms with van der Waals surface area (Å²) in [6.07, 6.45) is -0.206. The van der Waals surface area contributed by atoms with Crippen LogP contribution in [0.15, 0.2) is 45.6 Å². The zero-order valence-electron chi connectivity index (χ0n) is 17.3. The van der Waals surface area contributed by atoms with Gasteiger partial charge in [0.1, 0.15) is 17.4 Å². The van der Waals surface area contributed by atoms with E-state index >= 15 is 0 Å². The van der Waals surface area contributed by atoms with Gasteiger partial charge in [-0.3, -0.25) is 4.79 Å². The number of carbonyl (C=O) groups excluding carboxylic acids is 1. The fraction of sp³-hybridized carbons (Fsp3) is 0.261. The molecule has 2 aromatic carbocycles. The van der Waals surface area contributed by atoms with E-state index in [1.165, 1.54) is 7.11 Å². The van der Waals surface area contributed by atoms with Gasteiger partial charge in [-0.15, -0.1) is 0 Å². The standard InChI is InChI=1S/C23H22ClNO6/c1-12-16-8-9-19(30-3)13(2)21(16)31-23(29)17(12)11-20(26)25-18(22(27)28)10-14-4-6-15(24)7-5-14/h4-9,18H,10-11H2,1-3H3,(H,25,26)(H,27,28)/t18-/m0/s1. The molecule has 1 aromatic heterocycles. The van der Waals surface area contributed by atoms with Gasteiger partial charge in [0, 0.05) is 22.4 Å². The first-order valence-corrected chi connectivity index (χ1v) is 9.95. The first-order chi connectivity index (χ1) is 14.7. The first-order valence-electron chi connectivity index (χ1n) is 9.57. The van der Waals surface area contributed by atoms with Crippen molar-refractivity contribution in [3.8, 4) is 5.75 Å². The van der Waals surface area contributed by atoms with Crippen LogP contribution < -0.4 is 15.7 Å². The topological polar surface area (TPSA) is 106 Å². The molecule has 1 amide bonds. The van der Waals surface area contributed by atoms with Crippen LogP contribution >= 0.6 is 11.6 Å². The number of amides is 1. The largest absolute Gasteiger partial charge is 0.496 e. The fourth-order valence-corrected chi connectivity index (χ4v) is 3.58. The van der Waals surface area contributed by atoms with E-state index in [0.717, 1.165) is 0 Å². The van der Waals surface area contributed by atoms with Gasteiger partial charge in [-0.1, -0.05) is 23.7 Å². The highest BCUT2D eigenvalue weighted by Gasteiger charge is 2.23. The fourth-order valence-electron chi connectivity index (χ4n) is 3.46. The number of rotatable bonds is 7. The lowest BCUT2D eigenvalue weighted by atomic mass is 10.0. The lowest BCUT2D eigenvalue weighted by molar-refractivity contribution is -0.141. The van der Waals surface area contributed by atoms with Crippen molar-refractivity contribution in [2.24, 2.45) is 0 Å². The minimum Gasteiger partial charge on any atom is -0.496 e. The molecule has 8 heteroatoms. The maximum atomic E-state index is 12.6. The van der Waals surface area contributed by atoms with Gasteiger partial charge in [-0.25, -0.2) is 9.59 Å². The van der Waals surface area contributed by atoms with E-state index in [0.29, 0.717) is 38.4 Å². The SMILES string of the molecule is COc1ccc2c(C)c(CC(=O)N[C@@H](Cc3ccc(Cl)cc3)C(=O)O)c(=O)oc2c1C. The molecular formula is C23H22ClNO6. The molecule has 0 aliphatic heterocycles. The van der Waals surface area contributed by atoms with Crippen molar-refractivity contribution in [2.45, 2.75) is 32.7 Å². The molecule has 7 nitrogen and oxygen atoms in total. The Labute approximate surface area is 183 Å². The molecular weight excluding hydrogens is 422 g/mol. The number of aliphatic carboxylic acids is 1. The number of halogens is 1. The van der Waals surface area contributed by atoms with E-state index in [1.54, 1.807) is 50.2 Å². The first kappa shape index (κ1) is 22.4. The summed E-state index contributed by atoms with van der Waals surface area (Å²) in [5.74, 6) is -1.17. The van der Waals surface area contributed by atoms with E-state index in [-0.39, 0.29) is 18.4 Å². The van der Waals surface area contributed by atoms with Crippen LogP contribution in [0.5, 0.6) is 5.75 Å². The normalized spacial score (nSPS) is 11.9. The van der Waals surface area contributed by atoms with Crippen molar-refractivity contribution in [2.75, 3.05) is 7.11 Å². The number of carboxylic acids is 1. The summed E-state index contributed by atoms with van der Waals surface area (Å²) in [5, 5.41) is 13.2. The highest BCUT2D eigenvalue weighted by Crippen LogP contribution is 2.29. The maximum absolute atomic E-state index is 12.6. The molecule has 0 spiro atoms. The highest BCUT2D eigenvalue weighted by atomic mass is 35.5. The maximum Gasteiger partial charge on any atom is 0.340 e. The smallest absolute Gasteiger partial charge is 0.340 e. The van der Waals surface area contributed by atoms with Gasteiger partial charge in [0.25, 0.3) is 0 Å². The lowest BCUT2D eigenvalue weighted by Crippen LogP contribution is -2.43. The third-order valence-corrected chi connectivity index (χ3v) is 5.45. The molecule has 162 valence electrons. The van der Waals surface area contributed by atoms with Crippen molar-refractivity contribution < 1.29 is 23.8 Å². The Morgan fingerprint density at radius 1 is 1.13 bits per heavy atom. The Bertz CT molecular complexity index is 1200. The third kappa shape index (κ3) is 4.88. The second-order valence-corrected chi connectivity index (χ2v) is 7.66. The average molecular weight is 444 g/mol. The van der Waals surface area contributed by atoms with E-state index in [9.17, 15) is 19.5 Å². The molecule has 1 atom stereocenters. The molecule has 3 rings (SSSR count). The number of carboxylic acid groups (broad SMARTS) is 1. The minimum absolute atomic E-state index is 0.0859. The summed E-state index contributed by atoms with van der Waals surface area (Å²) in [4.78, 5) is 36.8. The van der Waals surface area contributed by atoms with Gasteiger partial charge < -0.3 is 19.6 Å². The average Bonchev–Trinajstić information content (AvgIpc) is 2.73. The predicted molar refractivity (Wildman–Crippen MR) is 117 cm³/mol. The number of hydrogen-bond donors (Lipinski definition) is 2. The predicted octanol–water partition coefficient (Wildman–Crippen LogP) is 3.43. The molecule has 0 aliphatic rings. The van der Waals surface area contributed by atoms with Crippen LogP contribution in [-0.4, -0.2) is 30.1 Å². The molecule has 0 aliphatic carbocycles. The van der Waals surface area contributed by atoms with Crippen molar-refractivity contribution in [1.82, 2.24) is 5.32 Å². The zero-order chi connectivity index (χ0) is 22.7. The van der Waals surface area contributed by atoms with Crippen LogP contribution in [0.4, 0.5) is 0 Å². The molecule has 3 aromatic rings. The zero-order valence-corrected chi connectivity index (χ0v) is 18.1. The summed E-state index contributed by atoms with van der Waals surface area (Å²) >= 11 is 5.85. The number of benzene rings is 2. The molecule has 31 heavy (non-hydrogen) atoms. The number of fused-ring (bicyclic) bond motifs is 1. The van der Waals surface area contributed by atoms with Gasteiger partial charge >= 0.3 is 11.6 Å². The summed E-state index contributed by atoms with van der Waals surface area (Å²) in [6, 6.07) is 9.08. The Morgan fingerprint density at radius 3 is 2.42 bits per heavy atom. The Hall–Kier alpha value is -3.32. The summed E-state index contributed by atoms with van der Waals surface area (Å²) < 4.78 is 10.7. The van der Waals surface area contributed by atoms with Gasteiger partial charge in [0.05, 0.1) is 19.1 Å². The molecule has 0 fully saturated rings. The summed E-state index contributed by atoms with van der Waals surface area (Å²) in [6.45, 7) is 3.51. The molecule has 0 radical (unpaired) electrons. The molecule has 1 heterocycles.